The van der Waals surface area contributed by atoms with E-state index in [9.17, 15) is 8.42 Å². The molecule has 0 aliphatic heterocycles. The second-order valence-corrected chi connectivity index (χ2v) is 5.71. The first kappa shape index (κ1) is 12.1. The topological polar surface area (TPSA) is 76.9 Å². The predicted molar refractivity (Wildman–Crippen MR) is 57.1 cm³/mol. The second kappa shape index (κ2) is 5.22. The van der Waals surface area contributed by atoms with Crippen molar-refractivity contribution in [2.45, 2.75) is 20.0 Å². The zero-order valence-corrected chi connectivity index (χ0v) is 9.79. The van der Waals surface area contributed by atoms with Crippen LogP contribution in [0.5, 0.6) is 0 Å². The number of aryl methyl sites for hydroxylation is 1. The van der Waals surface area contributed by atoms with Gasteiger partial charge in [-0.15, -0.1) is 5.10 Å². The minimum atomic E-state index is -2.92. The molecule has 0 unspecified atom stereocenters. The average Bonchev–Trinajstić information content (AvgIpc) is 2.64. The first-order valence-corrected chi connectivity index (χ1v) is 6.63. The molecule has 6 nitrogen and oxygen atoms in total. The molecule has 0 saturated carbocycles. The van der Waals surface area contributed by atoms with Crippen molar-refractivity contribution in [3.8, 4) is 0 Å². The van der Waals surface area contributed by atoms with E-state index < -0.39 is 9.84 Å². The molecule has 0 bridgehead atoms. The van der Waals surface area contributed by atoms with Crippen LogP contribution in [0, 0.1) is 0 Å². The van der Waals surface area contributed by atoms with Gasteiger partial charge in [-0.2, -0.15) is 0 Å². The van der Waals surface area contributed by atoms with Crippen molar-refractivity contribution in [1.29, 1.82) is 0 Å². The van der Waals surface area contributed by atoms with Crippen molar-refractivity contribution in [2.24, 2.45) is 0 Å². The number of hydrogen-bond acceptors (Lipinski definition) is 5. The van der Waals surface area contributed by atoms with E-state index in [1.807, 2.05) is 7.05 Å². The summed E-state index contributed by atoms with van der Waals surface area (Å²) in [5, 5.41) is 10.7. The molecule has 0 spiro atoms. The lowest BCUT2D eigenvalue weighted by atomic mass is 10.5. The maximum atomic E-state index is 11.2. The molecule has 0 aromatic carbocycles. The van der Waals surface area contributed by atoms with Gasteiger partial charge >= 0.3 is 0 Å². The standard InChI is InChI=1S/C8H16N4O2S/c1-3-15(13,14)5-4-12-7-8(6-9-2)10-11-12/h7,9H,3-6H2,1-2H3. The van der Waals surface area contributed by atoms with E-state index in [4.69, 9.17) is 0 Å². The summed E-state index contributed by atoms with van der Waals surface area (Å²) in [7, 11) is -1.10. The van der Waals surface area contributed by atoms with Gasteiger partial charge < -0.3 is 5.32 Å². The molecule has 0 saturated heterocycles. The number of hydrogen-bond donors (Lipinski definition) is 1. The van der Waals surface area contributed by atoms with Crippen LogP contribution in [0.1, 0.15) is 12.6 Å². The van der Waals surface area contributed by atoms with E-state index in [1.165, 1.54) is 0 Å². The van der Waals surface area contributed by atoms with E-state index in [1.54, 1.807) is 17.8 Å². The van der Waals surface area contributed by atoms with Crippen molar-refractivity contribution in [2.75, 3.05) is 18.6 Å². The number of rotatable bonds is 6. The Balaban J connectivity index is 2.51. The molecule has 0 fully saturated rings. The molecule has 0 aliphatic carbocycles. The largest absolute Gasteiger partial charge is 0.314 e. The van der Waals surface area contributed by atoms with Gasteiger partial charge in [0.1, 0.15) is 0 Å². The van der Waals surface area contributed by atoms with Gasteiger partial charge in [-0.25, -0.2) is 8.42 Å². The normalized spacial score (nSPS) is 11.9. The summed E-state index contributed by atoms with van der Waals surface area (Å²) in [6.45, 7) is 2.65. The summed E-state index contributed by atoms with van der Waals surface area (Å²) in [5.41, 5.74) is 0.811. The van der Waals surface area contributed by atoms with E-state index in [-0.39, 0.29) is 11.5 Å². The van der Waals surface area contributed by atoms with Crippen LogP contribution in [0.15, 0.2) is 6.20 Å². The summed E-state index contributed by atoms with van der Waals surface area (Å²) in [4.78, 5) is 0. The third-order valence-corrected chi connectivity index (χ3v) is 3.70. The number of nitrogens with one attached hydrogen (secondary N) is 1. The summed E-state index contributed by atoms with van der Waals surface area (Å²) in [6.07, 6.45) is 1.75. The quantitative estimate of drug-likeness (QED) is 0.711. The lowest BCUT2D eigenvalue weighted by Gasteiger charge is -2.00. The lowest BCUT2D eigenvalue weighted by Crippen LogP contribution is -2.15. The average molecular weight is 232 g/mol. The minimum absolute atomic E-state index is 0.117. The first-order chi connectivity index (χ1) is 7.07. The summed E-state index contributed by atoms with van der Waals surface area (Å²) in [6, 6.07) is 0. The van der Waals surface area contributed by atoms with Gasteiger partial charge in [0.15, 0.2) is 9.84 Å². The van der Waals surface area contributed by atoms with Gasteiger partial charge in [-0.05, 0) is 7.05 Å². The van der Waals surface area contributed by atoms with Crippen LogP contribution in [-0.2, 0) is 22.9 Å². The fraction of sp³-hybridized carbons (Fsp3) is 0.750. The highest BCUT2D eigenvalue weighted by atomic mass is 32.2. The van der Waals surface area contributed by atoms with Crippen LogP contribution in [0.3, 0.4) is 0 Å². The third kappa shape index (κ3) is 3.96. The van der Waals surface area contributed by atoms with Gasteiger partial charge in [0, 0.05) is 18.5 Å². The van der Waals surface area contributed by atoms with Crippen molar-refractivity contribution in [1.82, 2.24) is 20.3 Å². The lowest BCUT2D eigenvalue weighted by molar-refractivity contribution is 0.576. The van der Waals surface area contributed by atoms with Gasteiger partial charge in [0.2, 0.25) is 0 Å². The molecule has 1 heterocycles. The molecule has 86 valence electrons. The molecule has 1 N–H and O–H groups in total. The Morgan fingerprint density at radius 3 is 2.87 bits per heavy atom. The Kier molecular flexibility index (Phi) is 4.22. The molecule has 0 radical (unpaired) electrons. The van der Waals surface area contributed by atoms with Gasteiger partial charge in [0.25, 0.3) is 0 Å². The van der Waals surface area contributed by atoms with Crippen LogP contribution in [0.2, 0.25) is 0 Å². The van der Waals surface area contributed by atoms with Crippen molar-refractivity contribution >= 4 is 9.84 Å². The van der Waals surface area contributed by atoms with Crippen LogP contribution < -0.4 is 5.32 Å². The first-order valence-electron chi connectivity index (χ1n) is 4.81. The number of sulfone groups is 1. The van der Waals surface area contributed by atoms with Crippen molar-refractivity contribution in [3.63, 3.8) is 0 Å². The maximum absolute atomic E-state index is 11.2. The molecule has 15 heavy (non-hydrogen) atoms. The van der Waals surface area contributed by atoms with Gasteiger partial charge in [0.05, 0.1) is 18.0 Å². The molecular formula is C8H16N4O2S. The second-order valence-electron chi connectivity index (χ2n) is 3.24. The maximum Gasteiger partial charge on any atom is 0.151 e. The fourth-order valence-corrected chi connectivity index (χ4v) is 1.84. The fourth-order valence-electron chi connectivity index (χ4n) is 1.09. The molecular weight excluding hydrogens is 216 g/mol. The highest BCUT2D eigenvalue weighted by molar-refractivity contribution is 7.91. The molecule has 1 aromatic rings. The highest BCUT2D eigenvalue weighted by Gasteiger charge is 2.08. The van der Waals surface area contributed by atoms with E-state index >= 15 is 0 Å². The van der Waals surface area contributed by atoms with Crippen molar-refractivity contribution in [3.05, 3.63) is 11.9 Å². The Labute approximate surface area is 89.6 Å². The van der Waals surface area contributed by atoms with Crippen LogP contribution >= 0.6 is 0 Å². The van der Waals surface area contributed by atoms with Crippen molar-refractivity contribution < 1.29 is 8.42 Å². The zero-order chi connectivity index (χ0) is 11.3. The zero-order valence-electron chi connectivity index (χ0n) is 8.97. The Hall–Kier alpha value is -0.950. The molecule has 7 heteroatoms. The van der Waals surface area contributed by atoms with Crippen LogP contribution in [0.4, 0.5) is 0 Å². The molecule has 1 rings (SSSR count). The van der Waals surface area contributed by atoms with E-state index in [2.05, 4.69) is 15.6 Å². The molecule has 1 aromatic heterocycles. The summed E-state index contributed by atoms with van der Waals surface area (Å²) >= 11 is 0. The SMILES string of the molecule is CCS(=O)(=O)CCn1cc(CNC)nn1. The minimum Gasteiger partial charge on any atom is -0.314 e. The Morgan fingerprint density at radius 1 is 1.53 bits per heavy atom. The van der Waals surface area contributed by atoms with E-state index in [0.29, 0.717) is 13.1 Å². The Morgan fingerprint density at radius 2 is 2.27 bits per heavy atom. The van der Waals surface area contributed by atoms with Crippen LogP contribution in [0.25, 0.3) is 0 Å². The summed E-state index contributed by atoms with van der Waals surface area (Å²) in [5.74, 6) is 0.289. The third-order valence-electron chi connectivity index (χ3n) is 2.02. The van der Waals surface area contributed by atoms with Gasteiger partial charge in [-0.3, -0.25) is 4.68 Å². The molecule has 0 amide bonds. The van der Waals surface area contributed by atoms with Gasteiger partial charge in [-0.1, -0.05) is 12.1 Å². The monoisotopic (exact) mass is 232 g/mol. The Bertz CT molecular complexity index is 399. The molecule has 0 aliphatic rings. The predicted octanol–water partition coefficient (Wildman–Crippen LogP) is -0.568. The number of nitrogens with zero attached hydrogens (tertiary/aromatic N) is 3. The van der Waals surface area contributed by atoms with E-state index in [0.717, 1.165) is 5.69 Å². The smallest absolute Gasteiger partial charge is 0.151 e. The number of aromatic nitrogens is 3. The summed E-state index contributed by atoms with van der Waals surface area (Å²) < 4.78 is 24.0. The molecule has 0 atom stereocenters. The van der Waals surface area contributed by atoms with Crippen LogP contribution in [-0.4, -0.2) is 42.0 Å². The highest BCUT2D eigenvalue weighted by Crippen LogP contribution is 1.95.